The van der Waals surface area contributed by atoms with Crippen LogP contribution in [0.15, 0.2) is 24.3 Å². The number of hydrogen-bond donors (Lipinski definition) is 1. The van der Waals surface area contributed by atoms with Crippen molar-refractivity contribution in [2.45, 2.75) is 39.3 Å². The van der Waals surface area contributed by atoms with Gasteiger partial charge in [0.15, 0.2) is 0 Å². The summed E-state index contributed by atoms with van der Waals surface area (Å²) in [6.45, 7) is 7.04. The Morgan fingerprint density at radius 2 is 2.14 bits per heavy atom. The second-order valence-electron chi connectivity index (χ2n) is 5.70. The van der Waals surface area contributed by atoms with Gasteiger partial charge in [-0.25, -0.2) is 4.72 Å². The highest BCUT2D eigenvalue weighted by Crippen LogP contribution is 2.14. The number of benzene rings is 1. The van der Waals surface area contributed by atoms with E-state index in [4.69, 9.17) is 4.74 Å². The lowest BCUT2D eigenvalue weighted by Gasteiger charge is -2.35. The molecule has 0 radical (unpaired) electrons. The van der Waals surface area contributed by atoms with Crippen LogP contribution in [-0.4, -0.2) is 44.6 Å². The molecule has 1 aromatic rings. The minimum atomic E-state index is -3.44. The molecular weight excluding hydrogens is 288 g/mol. The van der Waals surface area contributed by atoms with E-state index in [1.54, 1.807) is 0 Å². The fraction of sp³-hybridized carbons (Fsp3) is 0.600. The third kappa shape index (κ3) is 4.51. The number of nitrogens with one attached hydrogen (secondary N) is 1. The van der Waals surface area contributed by atoms with E-state index in [1.807, 2.05) is 39.0 Å². The van der Waals surface area contributed by atoms with Crippen molar-refractivity contribution in [3.8, 4) is 0 Å². The number of morpholine rings is 1. The maximum Gasteiger partial charge on any atom is 0.279 e. The van der Waals surface area contributed by atoms with E-state index in [-0.39, 0.29) is 12.1 Å². The van der Waals surface area contributed by atoms with Crippen molar-refractivity contribution >= 4 is 10.2 Å². The molecule has 6 heteroatoms. The molecule has 0 amide bonds. The summed E-state index contributed by atoms with van der Waals surface area (Å²) in [5, 5.41) is 0. The molecule has 5 nitrogen and oxygen atoms in total. The molecule has 0 spiro atoms. The Morgan fingerprint density at radius 1 is 1.38 bits per heavy atom. The molecule has 0 aromatic heterocycles. The zero-order valence-electron chi connectivity index (χ0n) is 12.9. The molecule has 2 atom stereocenters. The fourth-order valence-electron chi connectivity index (χ4n) is 2.48. The van der Waals surface area contributed by atoms with E-state index in [0.29, 0.717) is 26.1 Å². The number of hydrogen-bond acceptors (Lipinski definition) is 3. The van der Waals surface area contributed by atoms with E-state index in [0.717, 1.165) is 5.56 Å². The van der Waals surface area contributed by atoms with Crippen molar-refractivity contribution < 1.29 is 13.2 Å². The largest absolute Gasteiger partial charge is 0.375 e. The molecule has 0 aliphatic carbocycles. The molecule has 1 N–H and O–H groups in total. The van der Waals surface area contributed by atoms with Gasteiger partial charge in [-0.05, 0) is 32.8 Å². The predicted molar refractivity (Wildman–Crippen MR) is 83.4 cm³/mol. The molecule has 21 heavy (non-hydrogen) atoms. The monoisotopic (exact) mass is 312 g/mol. The highest BCUT2D eigenvalue weighted by atomic mass is 32.2. The molecule has 1 fully saturated rings. The molecule has 1 aliphatic heterocycles. The van der Waals surface area contributed by atoms with E-state index in [2.05, 4.69) is 10.8 Å². The molecule has 0 saturated carbocycles. The standard InChI is InChI=1S/C15H24N2O3S/c1-12-5-4-6-15(9-12)7-8-16-21(18,19)17-10-14(3)20-11-13(17)2/h4-6,9,13-14,16H,7-8,10-11H2,1-3H3/t13-,14+/m0/s1. The summed E-state index contributed by atoms with van der Waals surface area (Å²) in [5.41, 5.74) is 2.33. The minimum absolute atomic E-state index is 0.0606. The van der Waals surface area contributed by atoms with Crippen molar-refractivity contribution in [3.63, 3.8) is 0 Å². The van der Waals surface area contributed by atoms with Gasteiger partial charge in [0.25, 0.3) is 10.2 Å². The van der Waals surface area contributed by atoms with Gasteiger partial charge in [0.05, 0.1) is 12.7 Å². The molecule has 0 bridgehead atoms. The highest BCUT2D eigenvalue weighted by molar-refractivity contribution is 7.87. The summed E-state index contributed by atoms with van der Waals surface area (Å²) in [7, 11) is -3.44. The summed E-state index contributed by atoms with van der Waals surface area (Å²) >= 11 is 0. The number of nitrogens with zero attached hydrogens (tertiary/aromatic N) is 1. The molecule has 1 aliphatic rings. The van der Waals surface area contributed by atoms with Crippen LogP contribution in [0.1, 0.15) is 25.0 Å². The molecular formula is C15H24N2O3S. The third-order valence-corrected chi connectivity index (χ3v) is 5.34. The highest BCUT2D eigenvalue weighted by Gasteiger charge is 2.32. The zero-order valence-corrected chi connectivity index (χ0v) is 13.7. The van der Waals surface area contributed by atoms with Gasteiger partial charge in [0.1, 0.15) is 0 Å². The molecule has 2 rings (SSSR count). The third-order valence-electron chi connectivity index (χ3n) is 3.64. The lowest BCUT2D eigenvalue weighted by atomic mass is 10.1. The Labute approximate surface area is 127 Å². The second kappa shape index (κ2) is 6.87. The first-order valence-corrected chi connectivity index (χ1v) is 8.76. The summed E-state index contributed by atoms with van der Waals surface area (Å²) in [6, 6.07) is 7.99. The lowest BCUT2D eigenvalue weighted by molar-refractivity contribution is -0.0174. The van der Waals surface area contributed by atoms with Crippen LogP contribution in [0.5, 0.6) is 0 Å². The number of ether oxygens (including phenoxy) is 1. The Balaban J connectivity index is 1.92. The van der Waals surface area contributed by atoms with E-state index in [9.17, 15) is 8.42 Å². The Morgan fingerprint density at radius 3 is 2.86 bits per heavy atom. The zero-order chi connectivity index (χ0) is 15.5. The summed E-state index contributed by atoms with van der Waals surface area (Å²) < 4.78 is 34.4. The van der Waals surface area contributed by atoms with Gasteiger partial charge in [-0.3, -0.25) is 0 Å². The Bertz CT molecular complexity index is 574. The van der Waals surface area contributed by atoms with Crippen LogP contribution in [0.4, 0.5) is 0 Å². The average Bonchev–Trinajstić information content (AvgIpc) is 2.41. The van der Waals surface area contributed by atoms with Crippen molar-refractivity contribution in [1.29, 1.82) is 0 Å². The topological polar surface area (TPSA) is 58.6 Å². The molecule has 1 heterocycles. The summed E-state index contributed by atoms with van der Waals surface area (Å²) in [6.07, 6.45) is 0.629. The van der Waals surface area contributed by atoms with Gasteiger partial charge in [-0.2, -0.15) is 12.7 Å². The van der Waals surface area contributed by atoms with Crippen LogP contribution in [0.3, 0.4) is 0 Å². The minimum Gasteiger partial charge on any atom is -0.375 e. The van der Waals surface area contributed by atoms with Gasteiger partial charge in [0, 0.05) is 19.1 Å². The second-order valence-corrected chi connectivity index (χ2v) is 7.41. The first kappa shape index (κ1) is 16.4. The molecule has 1 aromatic carbocycles. The first-order chi connectivity index (χ1) is 9.88. The predicted octanol–water partition coefficient (Wildman–Crippen LogP) is 1.48. The quantitative estimate of drug-likeness (QED) is 0.896. The average molecular weight is 312 g/mol. The van der Waals surface area contributed by atoms with Crippen molar-refractivity contribution in [1.82, 2.24) is 9.03 Å². The maximum atomic E-state index is 12.4. The summed E-state index contributed by atoms with van der Waals surface area (Å²) in [5.74, 6) is 0. The first-order valence-electron chi connectivity index (χ1n) is 7.32. The normalized spacial score (nSPS) is 24.1. The molecule has 1 saturated heterocycles. The molecule has 118 valence electrons. The van der Waals surface area contributed by atoms with Crippen LogP contribution >= 0.6 is 0 Å². The molecule has 0 unspecified atom stereocenters. The van der Waals surface area contributed by atoms with E-state index in [1.165, 1.54) is 9.87 Å². The van der Waals surface area contributed by atoms with Crippen LogP contribution in [0.25, 0.3) is 0 Å². The van der Waals surface area contributed by atoms with E-state index < -0.39 is 10.2 Å². The van der Waals surface area contributed by atoms with Crippen LogP contribution in [0, 0.1) is 6.92 Å². The SMILES string of the molecule is Cc1cccc(CCNS(=O)(=O)N2C[C@@H](C)OC[C@@H]2C)c1. The Kier molecular flexibility index (Phi) is 5.37. The van der Waals surface area contributed by atoms with Gasteiger partial charge in [-0.15, -0.1) is 0 Å². The lowest BCUT2D eigenvalue weighted by Crippen LogP contribution is -2.54. The number of rotatable bonds is 5. The van der Waals surface area contributed by atoms with Crippen LogP contribution < -0.4 is 4.72 Å². The van der Waals surface area contributed by atoms with Gasteiger partial charge in [0.2, 0.25) is 0 Å². The van der Waals surface area contributed by atoms with Crippen LogP contribution in [0.2, 0.25) is 0 Å². The maximum absolute atomic E-state index is 12.4. The van der Waals surface area contributed by atoms with Crippen molar-refractivity contribution in [2.75, 3.05) is 19.7 Å². The smallest absolute Gasteiger partial charge is 0.279 e. The van der Waals surface area contributed by atoms with Crippen LogP contribution in [-0.2, 0) is 21.4 Å². The summed E-state index contributed by atoms with van der Waals surface area (Å²) in [4.78, 5) is 0. The Hall–Kier alpha value is -0.950. The number of aryl methyl sites for hydroxylation is 1. The van der Waals surface area contributed by atoms with Crippen molar-refractivity contribution in [3.05, 3.63) is 35.4 Å². The van der Waals surface area contributed by atoms with Gasteiger partial charge in [-0.1, -0.05) is 29.8 Å². The van der Waals surface area contributed by atoms with E-state index >= 15 is 0 Å². The van der Waals surface area contributed by atoms with Crippen molar-refractivity contribution in [2.24, 2.45) is 0 Å². The fourth-order valence-corrected chi connectivity index (χ4v) is 3.95. The van der Waals surface area contributed by atoms with Gasteiger partial charge < -0.3 is 4.74 Å². The van der Waals surface area contributed by atoms with Gasteiger partial charge >= 0.3 is 0 Å².